The van der Waals surface area contributed by atoms with Crippen LogP contribution in [-0.4, -0.2) is 6.36 Å². The Labute approximate surface area is 74.9 Å². The number of hydrogen-bond donors (Lipinski definition) is 0. The maximum Gasteiger partial charge on any atom is 0.573 e. The first-order valence-corrected chi connectivity index (χ1v) is 4.18. The van der Waals surface area contributed by atoms with E-state index in [0.29, 0.717) is 18.4 Å². The van der Waals surface area contributed by atoms with Gasteiger partial charge in [-0.1, -0.05) is 13.0 Å². The Balaban J connectivity index is 2.68. The van der Waals surface area contributed by atoms with Crippen LogP contribution in [0.4, 0.5) is 13.2 Å². The largest absolute Gasteiger partial charge is 0.573 e. The lowest BCUT2D eigenvalue weighted by Crippen LogP contribution is -2.14. The Morgan fingerprint density at radius 1 is 1.31 bits per heavy atom. The van der Waals surface area contributed by atoms with Crippen LogP contribution >= 0.6 is 0 Å². The molecule has 4 heteroatoms. The first kappa shape index (κ1) is 10.2. The van der Waals surface area contributed by atoms with Crippen molar-refractivity contribution in [3.63, 3.8) is 0 Å². The van der Waals surface area contributed by atoms with Gasteiger partial charge in [0, 0.05) is 0 Å². The van der Waals surface area contributed by atoms with Crippen LogP contribution in [0, 0.1) is 0 Å². The molecule has 1 nitrogen and oxygen atoms in total. The first-order chi connectivity index (χ1) is 6.03. The van der Waals surface area contributed by atoms with Crippen molar-refractivity contribution in [3.8, 4) is 0 Å². The fraction of sp³-hybridized carbons (Fsp3) is 0.556. The van der Waals surface area contributed by atoms with Crippen molar-refractivity contribution in [1.82, 2.24) is 0 Å². The highest BCUT2D eigenvalue weighted by Gasteiger charge is 2.33. The molecule has 1 aliphatic rings. The van der Waals surface area contributed by atoms with Crippen molar-refractivity contribution in [2.75, 3.05) is 0 Å². The molecule has 0 amide bonds. The van der Waals surface area contributed by atoms with Crippen LogP contribution < -0.4 is 0 Å². The minimum atomic E-state index is -4.57. The van der Waals surface area contributed by atoms with Gasteiger partial charge >= 0.3 is 6.36 Å². The molecule has 1 rings (SSSR count). The molecule has 0 N–H and O–H groups in total. The third-order valence-electron chi connectivity index (χ3n) is 1.81. The summed E-state index contributed by atoms with van der Waals surface area (Å²) in [7, 11) is 0. The third kappa shape index (κ3) is 3.13. The van der Waals surface area contributed by atoms with E-state index in [1.165, 1.54) is 6.08 Å². The average Bonchev–Trinajstić information content (AvgIpc) is 2.02. The average molecular weight is 192 g/mol. The molecule has 0 aromatic rings. The van der Waals surface area contributed by atoms with Crippen molar-refractivity contribution >= 4 is 0 Å². The lowest BCUT2D eigenvalue weighted by molar-refractivity contribution is -0.304. The van der Waals surface area contributed by atoms with Gasteiger partial charge in [0.2, 0.25) is 0 Å². The van der Waals surface area contributed by atoms with E-state index in [-0.39, 0.29) is 5.76 Å². The Bertz CT molecular complexity index is 238. The van der Waals surface area contributed by atoms with Crippen LogP contribution in [0.25, 0.3) is 0 Å². The maximum atomic E-state index is 11.9. The maximum absolute atomic E-state index is 11.9. The molecule has 0 bridgehead atoms. The van der Waals surface area contributed by atoms with Crippen molar-refractivity contribution in [3.05, 3.63) is 23.5 Å². The number of hydrogen-bond acceptors (Lipinski definition) is 1. The zero-order valence-corrected chi connectivity index (χ0v) is 7.32. The van der Waals surface area contributed by atoms with Crippen LogP contribution in [0.1, 0.15) is 26.2 Å². The quantitative estimate of drug-likeness (QED) is 0.650. The van der Waals surface area contributed by atoms with Gasteiger partial charge in [0.05, 0.1) is 0 Å². The van der Waals surface area contributed by atoms with Gasteiger partial charge in [-0.25, -0.2) is 0 Å². The third-order valence-corrected chi connectivity index (χ3v) is 1.81. The predicted molar refractivity (Wildman–Crippen MR) is 42.8 cm³/mol. The molecule has 0 aromatic heterocycles. The summed E-state index contributed by atoms with van der Waals surface area (Å²) in [6.07, 6.45) is 0.704. The zero-order valence-electron chi connectivity index (χ0n) is 7.32. The minimum absolute atomic E-state index is 0.0266. The molecule has 0 aromatic carbocycles. The lowest BCUT2D eigenvalue weighted by atomic mass is 10.0. The molecule has 0 unspecified atom stereocenters. The zero-order chi connectivity index (χ0) is 9.90. The van der Waals surface area contributed by atoms with Gasteiger partial charge in [0.15, 0.2) is 0 Å². The van der Waals surface area contributed by atoms with Crippen molar-refractivity contribution in [2.24, 2.45) is 0 Å². The standard InChI is InChI=1S/C9H11F3O/c1-2-7-5-3-4-6-8(7)13-9(10,11)12/h5-6H,2-4H2,1H3. The normalized spacial score (nSPS) is 17.8. The topological polar surface area (TPSA) is 9.23 Å². The molecule has 0 atom stereocenters. The molecule has 1 aliphatic carbocycles. The van der Waals surface area contributed by atoms with E-state index in [1.54, 1.807) is 6.08 Å². The van der Waals surface area contributed by atoms with Gasteiger partial charge in [-0.05, 0) is 30.9 Å². The van der Waals surface area contributed by atoms with Crippen molar-refractivity contribution in [2.45, 2.75) is 32.5 Å². The van der Waals surface area contributed by atoms with Crippen LogP contribution in [0.15, 0.2) is 23.5 Å². The summed E-state index contributed by atoms with van der Waals surface area (Å²) in [5, 5.41) is 0. The van der Waals surface area contributed by atoms with Gasteiger partial charge in [-0.15, -0.1) is 13.2 Å². The lowest BCUT2D eigenvalue weighted by Gasteiger charge is -2.17. The molecule has 0 aliphatic heterocycles. The highest BCUT2D eigenvalue weighted by Crippen LogP contribution is 2.29. The van der Waals surface area contributed by atoms with Crippen molar-refractivity contribution < 1.29 is 17.9 Å². The van der Waals surface area contributed by atoms with E-state index in [0.717, 1.165) is 6.42 Å². The molecule has 0 saturated heterocycles. The molecule has 0 fully saturated rings. The summed E-state index contributed by atoms with van der Waals surface area (Å²) in [6.45, 7) is 1.81. The number of alkyl halides is 3. The van der Waals surface area contributed by atoms with Crippen molar-refractivity contribution in [1.29, 1.82) is 0 Å². The van der Waals surface area contributed by atoms with Gasteiger partial charge < -0.3 is 4.74 Å². The van der Waals surface area contributed by atoms with Gasteiger partial charge in [-0.3, -0.25) is 0 Å². The van der Waals surface area contributed by atoms with Crippen LogP contribution in [-0.2, 0) is 4.74 Å². The molecular weight excluding hydrogens is 181 g/mol. The fourth-order valence-electron chi connectivity index (χ4n) is 1.25. The summed E-state index contributed by atoms with van der Waals surface area (Å²) in [6, 6.07) is 0. The molecule has 13 heavy (non-hydrogen) atoms. The second-order valence-electron chi connectivity index (χ2n) is 2.78. The van der Waals surface area contributed by atoms with E-state index < -0.39 is 6.36 Å². The number of ether oxygens (including phenoxy) is 1. The molecule has 74 valence electrons. The SMILES string of the molecule is CCC1=CCCC=C1OC(F)(F)F. The van der Waals surface area contributed by atoms with Crippen LogP contribution in [0.5, 0.6) is 0 Å². The summed E-state index contributed by atoms with van der Waals surface area (Å²) < 4.78 is 39.5. The smallest absolute Gasteiger partial charge is 0.406 e. The second-order valence-corrected chi connectivity index (χ2v) is 2.78. The molecule has 0 spiro atoms. The van der Waals surface area contributed by atoms with E-state index in [1.807, 2.05) is 6.92 Å². The summed E-state index contributed by atoms with van der Waals surface area (Å²) in [4.78, 5) is 0. The van der Waals surface area contributed by atoms with E-state index in [2.05, 4.69) is 4.74 Å². The monoisotopic (exact) mass is 192 g/mol. The highest BCUT2D eigenvalue weighted by molar-refractivity contribution is 5.28. The molecule has 0 heterocycles. The summed E-state index contributed by atoms with van der Waals surface area (Å²) in [5.74, 6) is -0.0266. The Morgan fingerprint density at radius 2 is 1.92 bits per heavy atom. The number of rotatable bonds is 2. The summed E-state index contributed by atoms with van der Waals surface area (Å²) >= 11 is 0. The minimum Gasteiger partial charge on any atom is -0.406 e. The predicted octanol–water partition coefficient (Wildman–Crippen LogP) is 3.54. The first-order valence-electron chi connectivity index (χ1n) is 4.18. The van der Waals surface area contributed by atoms with E-state index >= 15 is 0 Å². The highest BCUT2D eigenvalue weighted by atomic mass is 19.4. The van der Waals surface area contributed by atoms with Crippen LogP contribution in [0.2, 0.25) is 0 Å². The fourth-order valence-corrected chi connectivity index (χ4v) is 1.25. The van der Waals surface area contributed by atoms with Gasteiger partial charge in [0.1, 0.15) is 5.76 Å². The van der Waals surface area contributed by atoms with Crippen LogP contribution in [0.3, 0.4) is 0 Å². The van der Waals surface area contributed by atoms with Gasteiger partial charge in [0.25, 0.3) is 0 Å². The Hall–Kier alpha value is -0.930. The van der Waals surface area contributed by atoms with E-state index in [4.69, 9.17) is 0 Å². The number of halogens is 3. The Morgan fingerprint density at radius 3 is 2.46 bits per heavy atom. The summed E-state index contributed by atoms with van der Waals surface area (Å²) in [5.41, 5.74) is 0.642. The molecular formula is C9H11F3O. The van der Waals surface area contributed by atoms with E-state index in [9.17, 15) is 13.2 Å². The second kappa shape index (κ2) is 3.85. The number of allylic oxidation sites excluding steroid dienone is 3. The molecule has 0 radical (unpaired) electrons. The molecule has 0 saturated carbocycles. The Kier molecular flexibility index (Phi) is 3.01. The van der Waals surface area contributed by atoms with Gasteiger partial charge in [-0.2, -0.15) is 0 Å².